The van der Waals surface area contributed by atoms with Crippen molar-refractivity contribution in [3.63, 3.8) is 0 Å². The van der Waals surface area contributed by atoms with Crippen molar-refractivity contribution in [2.75, 3.05) is 6.54 Å². The number of carboxylic acids is 1. The van der Waals surface area contributed by atoms with E-state index < -0.39 is 11.9 Å². The molecule has 0 aromatic carbocycles. The maximum atomic E-state index is 11.7. The first-order valence-corrected chi connectivity index (χ1v) is 6.58. The molecule has 0 bridgehead atoms. The fourth-order valence-corrected chi connectivity index (χ4v) is 2.88. The van der Waals surface area contributed by atoms with Crippen LogP contribution in [0.25, 0.3) is 0 Å². The molecule has 0 heterocycles. The topological polar surface area (TPSA) is 66.4 Å². The molecule has 0 spiro atoms. The fraction of sp³-hybridized carbons (Fsp3) is 0.846. The average Bonchev–Trinajstić information content (AvgIpc) is 3.06. The van der Waals surface area contributed by atoms with Crippen molar-refractivity contribution >= 4 is 11.9 Å². The van der Waals surface area contributed by atoms with Crippen LogP contribution in [-0.2, 0) is 9.59 Å². The third-order valence-corrected chi connectivity index (χ3v) is 4.05. The van der Waals surface area contributed by atoms with E-state index in [1.54, 1.807) is 0 Å². The van der Waals surface area contributed by atoms with Crippen LogP contribution in [0.3, 0.4) is 0 Å². The van der Waals surface area contributed by atoms with Gasteiger partial charge in [0.2, 0.25) is 5.91 Å². The van der Waals surface area contributed by atoms with Crippen molar-refractivity contribution < 1.29 is 14.7 Å². The third-order valence-electron chi connectivity index (χ3n) is 4.05. The quantitative estimate of drug-likeness (QED) is 0.784. The van der Waals surface area contributed by atoms with Gasteiger partial charge in [0.1, 0.15) is 0 Å². The number of aliphatic carboxylic acids is 1. The van der Waals surface area contributed by atoms with E-state index in [0.717, 1.165) is 12.5 Å². The first kappa shape index (κ1) is 12.4. The largest absolute Gasteiger partial charge is 0.481 e. The Kier molecular flexibility index (Phi) is 3.69. The summed E-state index contributed by atoms with van der Waals surface area (Å²) in [7, 11) is 0. The predicted octanol–water partition coefficient (Wildman–Crippen LogP) is 1.65. The molecule has 17 heavy (non-hydrogen) atoms. The Hall–Kier alpha value is -1.06. The summed E-state index contributed by atoms with van der Waals surface area (Å²) in [6.45, 7) is 2.99. The first-order chi connectivity index (χ1) is 8.08. The molecule has 2 fully saturated rings. The zero-order valence-corrected chi connectivity index (χ0v) is 10.3. The van der Waals surface area contributed by atoms with Crippen molar-refractivity contribution in [3.05, 3.63) is 0 Å². The summed E-state index contributed by atoms with van der Waals surface area (Å²) >= 11 is 0. The van der Waals surface area contributed by atoms with Crippen molar-refractivity contribution in [2.45, 2.75) is 39.0 Å². The summed E-state index contributed by atoms with van der Waals surface area (Å²) < 4.78 is 0. The van der Waals surface area contributed by atoms with Crippen LogP contribution in [0, 0.1) is 23.7 Å². The van der Waals surface area contributed by atoms with Crippen LogP contribution in [0.1, 0.15) is 39.0 Å². The third kappa shape index (κ3) is 3.20. The highest BCUT2D eigenvalue weighted by Gasteiger charge is 2.48. The maximum absolute atomic E-state index is 11.7. The van der Waals surface area contributed by atoms with Gasteiger partial charge in [0.25, 0.3) is 0 Å². The minimum Gasteiger partial charge on any atom is -0.481 e. The second-order valence-electron chi connectivity index (χ2n) is 5.67. The van der Waals surface area contributed by atoms with Gasteiger partial charge in [0, 0.05) is 6.54 Å². The number of hydrogen-bond acceptors (Lipinski definition) is 2. The molecular formula is C13H21NO3. The Morgan fingerprint density at radius 2 is 2.00 bits per heavy atom. The Labute approximate surface area is 102 Å². The molecule has 0 radical (unpaired) electrons. The number of carboxylic acid groups (broad SMARTS) is 1. The van der Waals surface area contributed by atoms with E-state index in [1.807, 2.05) is 0 Å². The van der Waals surface area contributed by atoms with Crippen molar-refractivity contribution in [2.24, 2.45) is 23.7 Å². The van der Waals surface area contributed by atoms with E-state index in [-0.39, 0.29) is 11.8 Å². The van der Waals surface area contributed by atoms with Gasteiger partial charge in [-0.1, -0.05) is 19.8 Å². The fourth-order valence-electron chi connectivity index (χ4n) is 2.88. The van der Waals surface area contributed by atoms with Crippen LogP contribution in [-0.4, -0.2) is 23.5 Å². The zero-order chi connectivity index (χ0) is 12.4. The van der Waals surface area contributed by atoms with Gasteiger partial charge in [-0.25, -0.2) is 0 Å². The smallest absolute Gasteiger partial charge is 0.307 e. The molecule has 96 valence electrons. The van der Waals surface area contributed by atoms with Gasteiger partial charge < -0.3 is 10.4 Å². The summed E-state index contributed by atoms with van der Waals surface area (Å²) in [6, 6.07) is 0. The van der Waals surface area contributed by atoms with E-state index in [1.165, 1.54) is 25.7 Å². The van der Waals surface area contributed by atoms with Gasteiger partial charge in [-0.2, -0.15) is 0 Å². The Morgan fingerprint density at radius 1 is 1.24 bits per heavy atom. The van der Waals surface area contributed by atoms with Gasteiger partial charge in [-0.3, -0.25) is 9.59 Å². The molecule has 2 saturated carbocycles. The van der Waals surface area contributed by atoms with Crippen molar-refractivity contribution in [3.8, 4) is 0 Å². The van der Waals surface area contributed by atoms with Gasteiger partial charge in [-0.15, -0.1) is 0 Å². The predicted molar refractivity (Wildman–Crippen MR) is 63.4 cm³/mol. The minimum atomic E-state index is -0.837. The van der Waals surface area contributed by atoms with E-state index in [0.29, 0.717) is 12.3 Å². The Bertz CT molecular complexity index is 316. The lowest BCUT2D eigenvalue weighted by Crippen LogP contribution is -2.33. The second-order valence-corrected chi connectivity index (χ2v) is 5.67. The van der Waals surface area contributed by atoms with E-state index in [2.05, 4.69) is 12.2 Å². The average molecular weight is 239 g/mol. The summed E-state index contributed by atoms with van der Waals surface area (Å²) in [6.07, 6.45) is 5.45. The SMILES string of the molecule is CC1CCCC(CNC(=O)C2CC2C(=O)O)C1. The van der Waals surface area contributed by atoms with Crippen LogP contribution in [0.2, 0.25) is 0 Å². The highest BCUT2D eigenvalue weighted by Crippen LogP contribution is 2.38. The Balaban J connectivity index is 1.68. The van der Waals surface area contributed by atoms with Gasteiger partial charge >= 0.3 is 5.97 Å². The number of carbonyl (C=O) groups is 2. The summed E-state index contributed by atoms with van der Waals surface area (Å²) in [5, 5.41) is 11.7. The monoisotopic (exact) mass is 239 g/mol. The standard InChI is InChI=1S/C13H21NO3/c1-8-3-2-4-9(5-8)7-14-12(15)10-6-11(10)13(16)17/h8-11H,2-7H2,1H3,(H,14,15)(H,16,17). The van der Waals surface area contributed by atoms with Crippen molar-refractivity contribution in [1.82, 2.24) is 5.32 Å². The van der Waals surface area contributed by atoms with Crippen LogP contribution in [0.15, 0.2) is 0 Å². The molecule has 1 amide bonds. The van der Waals surface area contributed by atoms with E-state index in [9.17, 15) is 9.59 Å². The van der Waals surface area contributed by atoms with Gasteiger partial charge in [0.15, 0.2) is 0 Å². The maximum Gasteiger partial charge on any atom is 0.307 e. The lowest BCUT2D eigenvalue weighted by atomic mass is 9.82. The summed E-state index contributed by atoms with van der Waals surface area (Å²) in [5.74, 6) is -0.246. The minimum absolute atomic E-state index is 0.0596. The summed E-state index contributed by atoms with van der Waals surface area (Å²) in [4.78, 5) is 22.3. The summed E-state index contributed by atoms with van der Waals surface area (Å²) in [5.41, 5.74) is 0. The molecule has 4 nitrogen and oxygen atoms in total. The molecule has 0 aliphatic heterocycles. The first-order valence-electron chi connectivity index (χ1n) is 6.58. The van der Waals surface area contributed by atoms with E-state index >= 15 is 0 Å². The normalized spacial score (nSPS) is 36.3. The molecule has 4 unspecified atom stereocenters. The molecule has 0 saturated heterocycles. The number of carbonyl (C=O) groups excluding carboxylic acids is 1. The molecule has 2 rings (SSSR count). The molecule has 4 atom stereocenters. The molecular weight excluding hydrogens is 218 g/mol. The number of amides is 1. The highest BCUT2D eigenvalue weighted by atomic mass is 16.4. The number of hydrogen-bond donors (Lipinski definition) is 2. The zero-order valence-electron chi connectivity index (χ0n) is 10.3. The van der Waals surface area contributed by atoms with Crippen LogP contribution >= 0.6 is 0 Å². The van der Waals surface area contributed by atoms with Crippen LogP contribution < -0.4 is 5.32 Å². The molecule has 2 N–H and O–H groups in total. The highest BCUT2D eigenvalue weighted by molar-refractivity contribution is 5.89. The molecule has 0 aromatic heterocycles. The Morgan fingerprint density at radius 3 is 2.59 bits per heavy atom. The molecule has 0 aromatic rings. The molecule has 2 aliphatic carbocycles. The molecule has 2 aliphatic rings. The molecule has 4 heteroatoms. The van der Waals surface area contributed by atoms with Crippen molar-refractivity contribution in [1.29, 1.82) is 0 Å². The second kappa shape index (κ2) is 5.07. The number of rotatable bonds is 4. The van der Waals surface area contributed by atoms with Gasteiger partial charge in [-0.05, 0) is 31.1 Å². The van der Waals surface area contributed by atoms with Crippen LogP contribution in [0.4, 0.5) is 0 Å². The van der Waals surface area contributed by atoms with Crippen LogP contribution in [0.5, 0.6) is 0 Å². The lowest BCUT2D eigenvalue weighted by molar-refractivity contribution is -0.140. The lowest BCUT2D eigenvalue weighted by Gasteiger charge is -2.26. The number of nitrogens with one attached hydrogen (secondary N) is 1. The van der Waals surface area contributed by atoms with Gasteiger partial charge in [0.05, 0.1) is 11.8 Å². The van der Waals surface area contributed by atoms with E-state index in [4.69, 9.17) is 5.11 Å².